The number of fused-ring (bicyclic) bond motifs is 2. The predicted molar refractivity (Wildman–Crippen MR) is 33.7 cm³/mol. The number of hydrogen-bond acceptors (Lipinski definition) is 4. The van der Waals surface area contributed by atoms with Gasteiger partial charge in [-0.05, 0) is 0 Å². The van der Waals surface area contributed by atoms with Crippen molar-refractivity contribution in [3.05, 3.63) is 0 Å². The lowest BCUT2D eigenvalue weighted by atomic mass is 9.92. The Morgan fingerprint density at radius 2 is 2.45 bits per heavy atom. The van der Waals surface area contributed by atoms with E-state index in [1.54, 1.807) is 0 Å². The van der Waals surface area contributed by atoms with E-state index in [-0.39, 0.29) is 13.2 Å². The lowest BCUT2D eigenvalue weighted by molar-refractivity contribution is -0.151. The summed E-state index contributed by atoms with van der Waals surface area (Å²) in [6, 6.07) is 0. The molecule has 2 heterocycles. The van der Waals surface area contributed by atoms with Gasteiger partial charge in [0.25, 0.3) is 5.91 Å². The second-order valence-corrected chi connectivity index (χ2v) is 2.93. The lowest BCUT2D eigenvalue weighted by Gasteiger charge is -2.29. The van der Waals surface area contributed by atoms with Gasteiger partial charge >= 0.3 is 0 Å². The van der Waals surface area contributed by atoms with Crippen molar-refractivity contribution in [3.8, 4) is 0 Å². The monoisotopic (exact) mass is 159 g/mol. The highest BCUT2D eigenvalue weighted by molar-refractivity contribution is 5.87. The van der Waals surface area contributed by atoms with Crippen LogP contribution in [0.25, 0.3) is 0 Å². The van der Waals surface area contributed by atoms with Crippen molar-refractivity contribution in [2.24, 2.45) is 0 Å². The molecule has 5 heteroatoms. The number of rotatable bonds is 0. The van der Waals surface area contributed by atoms with Gasteiger partial charge in [-0.3, -0.25) is 4.79 Å². The lowest BCUT2D eigenvalue weighted by Crippen LogP contribution is -2.61. The van der Waals surface area contributed by atoms with Gasteiger partial charge in [0.2, 0.25) is 0 Å². The van der Waals surface area contributed by atoms with Crippen molar-refractivity contribution in [1.29, 1.82) is 0 Å². The van der Waals surface area contributed by atoms with Crippen LogP contribution in [0.5, 0.6) is 0 Å². The fraction of sp³-hybridized carbons (Fsp3) is 0.833. The highest BCUT2D eigenvalue weighted by Crippen LogP contribution is 2.27. The van der Waals surface area contributed by atoms with E-state index in [9.17, 15) is 15.0 Å². The van der Waals surface area contributed by atoms with E-state index in [0.29, 0.717) is 0 Å². The van der Waals surface area contributed by atoms with Crippen LogP contribution in [0.4, 0.5) is 0 Å². The summed E-state index contributed by atoms with van der Waals surface area (Å²) in [6.07, 6.45) is -1.52. The van der Waals surface area contributed by atoms with Crippen LogP contribution in [0.2, 0.25) is 0 Å². The molecule has 0 radical (unpaired) electrons. The average molecular weight is 159 g/mol. The zero-order valence-electron chi connectivity index (χ0n) is 5.78. The molecule has 2 aliphatic heterocycles. The van der Waals surface area contributed by atoms with Gasteiger partial charge in [-0.1, -0.05) is 0 Å². The molecule has 3 atom stereocenters. The topological polar surface area (TPSA) is 78.8 Å². The maximum atomic E-state index is 11.0. The van der Waals surface area contributed by atoms with Crippen LogP contribution >= 0.6 is 0 Å². The smallest absolute Gasteiger partial charge is 0.257 e. The highest BCUT2D eigenvalue weighted by atomic mass is 16.5. The molecule has 3 N–H and O–H groups in total. The predicted octanol–water partition coefficient (Wildman–Crippen LogP) is -2.39. The summed E-state index contributed by atoms with van der Waals surface area (Å²) in [5.41, 5.74) is -1.71. The van der Waals surface area contributed by atoms with E-state index in [2.05, 4.69) is 5.32 Å². The number of carbonyl (C=O) groups excluding carboxylic acids is 1. The van der Waals surface area contributed by atoms with Crippen molar-refractivity contribution in [2.75, 3.05) is 13.2 Å². The summed E-state index contributed by atoms with van der Waals surface area (Å²) < 4.78 is 4.98. The van der Waals surface area contributed by atoms with E-state index in [4.69, 9.17) is 4.74 Å². The Balaban J connectivity index is 2.33. The Kier molecular flexibility index (Phi) is 1.24. The van der Waals surface area contributed by atoms with Crippen LogP contribution in [0, 0.1) is 0 Å². The molecule has 2 rings (SSSR count). The molecular formula is C6H9NO4. The first-order valence-corrected chi connectivity index (χ1v) is 3.45. The molecule has 2 fully saturated rings. The largest absolute Gasteiger partial charge is 0.387 e. The first kappa shape index (κ1) is 7.02. The molecule has 2 saturated heterocycles. The third-order valence-electron chi connectivity index (χ3n) is 2.22. The molecule has 2 aliphatic rings. The Hall–Kier alpha value is -0.650. The van der Waals surface area contributed by atoms with Crippen molar-refractivity contribution in [3.63, 3.8) is 0 Å². The third-order valence-corrected chi connectivity index (χ3v) is 2.22. The van der Waals surface area contributed by atoms with E-state index < -0.39 is 23.7 Å². The molecule has 5 nitrogen and oxygen atoms in total. The fourth-order valence-corrected chi connectivity index (χ4v) is 1.43. The van der Waals surface area contributed by atoms with E-state index in [1.165, 1.54) is 0 Å². The number of carbonyl (C=O) groups is 1. The molecule has 0 spiro atoms. The summed E-state index contributed by atoms with van der Waals surface area (Å²) in [7, 11) is 0. The summed E-state index contributed by atoms with van der Waals surface area (Å²) in [5, 5.41) is 21.2. The summed E-state index contributed by atoms with van der Waals surface area (Å²) in [4.78, 5) is 11.0. The summed E-state index contributed by atoms with van der Waals surface area (Å²) in [6.45, 7) is 0.174. The van der Waals surface area contributed by atoms with Gasteiger partial charge in [0.05, 0.1) is 6.61 Å². The van der Waals surface area contributed by atoms with Crippen molar-refractivity contribution < 1.29 is 19.7 Å². The minimum absolute atomic E-state index is 0.106. The molecule has 1 amide bonds. The normalized spacial score (nSPS) is 49.1. The number of hydrogen-bond donors (Lipinski definition) is 3. The van der Waals surface area contributed by atoms with Crippen LogP contribution in [0.1, 0.15) is 0 Å². The first-order valence-electron chi connectivity index (χ1n) is 3.45. The van der Waals surface area contributed by atoms with Gasteiger partial charge < -0.3 is 20.3 Å². The van der Waals surface area contributed by atoms with Crippen LogP contribution in [0.15, 0.2) is 0 Å². The Morgan fingerprint density at radius 3 is 3.09 bits per heavy atom. The Bertz CT molecular complexity index is 207. The standard InChI is InChI=1S/C6H9NO4/c8-4-3-1-7-5(9)6(4,10)2-11-3/h3-4,8,10H,1-2H2,(H,7,9)/t3-,4+,6+/m0/s1. The van der Waals surface area contributed by atoms with Crippen LogP contribution < -0.4 is 5.32 Å². The maximum Gasteiger partial charge on any atom is 0.257 e. The summed E-state index contributed by atoms with van der Waals surface area (Å²) in [5.74, 6) is -0.543. The maximum absolute atomic E-state index is 11.0. The van der Waals surface area contributed by atoms with Crippen LogP contribution in [-0.4, -0.2) is 47.1 Å². The van der Waals surface area contributed by atoms with Crippen molar-refractivity contribution in [2.45, 2.75) is 17.8 Å². The minimum Gasteiger partial charge on any atom is -0.387 e. The molecule has 0 aromatic rings. The molecule has 62 valence electrons. The fourth-order valence-electron chi connectivity index (χ4n) is 1.43. The van der Waals surface area contributed by atoms with Crippen LogP contribution in [-0.2, 0) is 9.53 Å². The molecule has 0 aromatic carbocycles. The quantitative estimate of drug-likeness (QED) is 0.368. The van der Waals surface area contributed by atoms with E-state index >= 15 is 0 Å². The molecule has 0 unspecified atom stereocenters. The number of aliphatic hydroxyl groups is 2. The van der Waals surface area contributed by atoms with E-state index in [0.717, 1.165) is 0 Å². The highest BCUT2D eigenvalue weighted by Gasteiger charge is 2.56. The zero-order valence-corrected chi connectivity index (χ0v) is 5.78. The number of ether oxygens (including phenoxy) is 1. The number of amides is 1. The zero-order chi connectivity index (χ0) is 8.06. The van der Waals surface area contributed by atoms with Gasteiger partial charge in [-0.15, -0.1) is 0 Å². The van der Waals surface area contributed by atoms with Crippen molar-refractivity contribution in [1.82, 2.24) is 5.32 Å². The molecular weight excluding hydrogens is 150 g/mol. The summed E-state index contributed by atoms with van der Waals surface area (Å²) >= 11 is 0. The number of aliphatic hydroxyl groups excluding tert-OH is 1. The van der Waals surface area contributed by atoms with Gasteiger partial charge in [-0.25, -0.2) is 0 Å². The van der Waals surface area contributed by atoms with Gasteiger partial charge in [0.1, 0.15) is 12.2 Å². The SMILES string of the molecule is O=C1NC[C@@H]2OC[C@@]1(O)[C@@H]2O. The molecule has 2 bridgehead atoms. The second kappa shape index (κ2) is 1.94. The van der Waals surface area contributed by atoms with Gasteiger partial charge in [0.15, 0.2) is 5.60 Å². The minimum atomic E-state index is -1.71. The Morgan fingerprint density at radius 1 is 1.73 bits per heavy atom. The molecule has 0 aliphatic carbocycles. The van der Waals surface area contributed by atoms with Crippen LogP contribution in [0.3, 0.4) is 0 Å². The average Bonchev–Trinajstić information content (AvgIpc) is 2.16. The Labute approximate surface area is 63.0 Å². The van der Waals surface area contributed by atoms with Crippen molar-refractivity contribution >= 4 is 5.91 Å². The number of piperidine rings is 1. The number of nitrogens with one attached hydrogen (secondary N) is 1. The molecule has 0 saturated carbocycles. The second-order valence-electron chi connectivity index (χ2n) is 2.93. The third kappa shape index (κ3) is 0.727. The molecule has 0 aromatic heterocycles. The first-order chi connectivity index (χ1) is 5.14. The van der Waals surface area contributed by atoms with Gasteiger partial charge in [0, 0.05) is 6.54 Å². The van der Waals surface area contributed by atoms with Gasteiger partial charge in [-0.2, -0.15) is 0 Å². The van der Waals surface area contributed by atoms with E-state index in [1.807, 2.05) is 0 Å². The molecule has 11 heavy (non-hydrogen) atoms.